The lowest BCUT2D eigenvalue weighted by Crippen LogP contribution is -2.28. The first-order valence-corrected chi connectivity index (χ1v) is 4.99. The summed E-state index contributed by atoms with van der Waals surface area (Å²) in [6.07, 6.45) is 0. The van der Waals surface area contributed by atoms with E-state index < -0.39 is 22.3 Å². The number of nitro groups is 1. The fourth-order valence-corrected chi connectivity index (χ4v) is 1.72. The minimum absolute atomic E-state index is 0.107. The molecule has 0 bridgehead atoms. The molecule has 0 aromatic heterocycles. The van der Waals surface area contributed by atoms with Crippen LogP contribution in [0, 0.1) is 10.1 Å². The van der Waals surface area contributed by atoms with Crippen molar-refractivity contribution in [2.45, 2.75) is 6.54 Å². The molecule has 6 nitrogen and oxygen atoms in total. The lowest BCUT2D eigenvalue weighted by Gasteiger charge is -2.14. The van der Waals surface area contributed by atoms with Crippen molar-refractivity contribution in [3.8, 4) is 0 Å². The molecule has 1 amide bonds. The average Bonchev–Trinajstić information content (AvgIpc) is 2.55. The smallest absolute Gasteiger partial charge is 0.372 e. The molecule has 0 aliphatic carbocycles. The standard InChI is InChI=1S/C11H10N2O4/c14-9-7-12(11(15)10(9)13(16)17)6-8-4-2-1-3-5-8/h1-5,14H,6-7H2. The van der Waals surface area contributed by atoms with Crippen LogP contribution in [0.5, 0.6) is 0 Å². The molecule has 0 saturated heterocycles. The summed E-state index contributed by atoms with van der Waals surface area (Å²) in [5.74, 6) is -1.22. The fourth-order valence-electron chi connectivity index (χ4n) is 1.72. The Balaban J connectivity index is 2.14. The Morgan fingerprint density at radius 3 is 2.53 bits per heavy atom. The average molecular weight is 234 g/mol. The highest BCUT2D eigenvalue weighted by Crippen LogP contribution is 2.19. The molecule has 1 heterocycles. The molecule has 1 aromatic carbocycles. The fraction of sp³-hybridized carbons (Fsp3) is 0.182. The molecule has 88 valence electrons. The SMILES string of the molecule is O=C1C([N+](=O)[O-])=C(O)CN1Cc1ccccc1. The molecule has 0 saturated carbocycles. The Bertz CT molecular complexity index is 495. The number of rotatable bonds is 3. The third kappa shape index (κ3) is 2.10. The highest BCUT2D eigenvalue weighted by Gasteiger charge is 2.39. The Hall–Kier alpha value is -2.37. The summed E-state index contributed by atoms with van der Waals surface area (Å²) in [6, 6.07) is 9.10. The van der Waals surface area contributed by atoms with E-state index in [9.17, 15) is 20.0 Å². The Morgan fingerprint density at radius 2 is 2.00 bits per heavy atom. The molecular formula is C11H10N2O4. The minimum atomic E-state index is -0.845. The zero-order chi connectivity index (χ0) is 12.4. The van der Waals surface area contributed by atoms with Gasteiger partial charge in [0.25, 0.3) is 0 Å². The Kier molecular flexibility index (Phi) is 2.78. The third-order valence-electron chi connectivity index (χ3n) is 2.50. The second kappa shape index (κ2) is 4.25. The van der Waals surface area contributed by atoms with Crippen LogP contribution in [0.1, 0.15) is 5.56 Å². The van der Waals surface area contributed by atoms with Gasteiger partial charge in [0.1, 0.15) is 0 Å². The first kappa shape index (κ1) is 11.1. The van der Waals surface area contributed by atoms with E-state index in [1.807, 2.05) is 30.3 Å². The van der Waals surface area contributed by atoms with Crippen molar-refractivity contribution in [1.82, 2.24) is 4.90 Å². The van der Waals surface area contributed by atoms with Gasteiger partial charge in [0.15, 0.2) is 5.76 Å². The molecule has 0 atom stereocenters. The number of aliphatic hydroxyl groups is 1. The van der Waals surface area contributed by atoms with Gasteiger partial charge >= 0.3 is 11.6 Å². The normalized spacial score (nSPS) is 15.5. The van der Waals surface area contributed by atoms with Crippen molar-refractivity contribution in [3.63, 3.8) is 0 Å². The van der Waals surface area contributed by atoms with E-state index in [1.165, 1.54) is 4.90 Å². The maximum atomic E-state index is 11.6. The quantitative estimate of drug-likeness (QED) is 0.626. The van der Waals surface area contributed by atoms with Gasteiger partial charge in [0.05, 0.1) is 11.5 Å². The van der Waals surface area contributed by atoms with E-state index >= 15 is 0 Å². The second-order valence-corrected chi connectivity index (χ2v) is 3.70. The van der Waals surface area contributed by atoms with Crippen LogP contribution in [0.15, 0.2) is 41.8 Å². The highest BCUT2D eigenvalue weighted by atomic mass is 16.6. The monoisotopic (exact) mass is 234 g/mol. The molecule has 0 unspecified atom stereocenters. The first-order chi connectivity index (χ1) is 8.09. The molecule has 2 rings (SSSR count). The van der Waals surface area contributed by atoms with E-state index in [2.05, 4.69) is 0 Å². The van der Waals surface area contributed by atoms with Gasteiger partial charge in [-0.05, 0) is 5.56 Å². The number of hydrogen-bond acceptors (Lipinski definition) is 4. The number of aliphatic hydroxyl groups excluding tert-OH is 1. The summed E-state index contributed by atoms with van der Waals surface area (Å²) in [5, 5.41) is 19.9. The first-order valence-electron chi connectivity index (χ1n) is 4.99. The van der Waals surface area contributed by atoms with Crippen molar-refractivity contribution in [1.29, 1.82) is 0 Å². The maximum absolute atomic E-state index is 11.6. The number of carbonyl (C=O) groups is 1. The molecule has 1 aromatic rings. The number of carbonyl (C=O) groups excluding carboxylic acids is 1. The molecule has 1 aliphatic heterocycles. The predicted octanol–water partition coefficient (Wildman–Crippen LogP) is 1.08. The van der Waals surface area contributed by atoms with Crippen molar-refractivity contribution < 1.29 is 14.8 Å². The van der Waals surface area contributed by atoms with Gasteiger partial charge in [-0.1, -0.05) is 30.3 Å². The van der Waals surface area contributed by atoms with Crippen molar-refractivity contribution in [2.75, 3.05) is 6.54 Å². The van der Waals surface area contributed by atoms with Crippen molar-refractivity contribution in [3.05, 3.63) is 57.5 Å². The van der Waals surface area contributed by atoms with E-state index in [0.717, 1.165) is 5.56 Å². The summed E-state index contributed by atoms with van der Waals surface area (Å²) in [4.78, 5) is 22.6. The molecule has 6 heteroatoms. The maximum Gasteiger partial charge on any atom is 0.372 e. The third-order valence-corrected chi connectivity index (χ3v) is 2.50. The molecule has 0 spiro atoms. The van der Waals surface area contributed by atoms with Gasteiger partial charge < -0.3 is 10.0 Å². The zero-order valence-corrected chi connectivity index (χ0v) is 8.87. The van der Waals surface area contributed by atoms with Crippen LogP contribution in [0.25, 0.3) is 0 Å². The number of hydrogen-bond donors (Lipinski definition) is 1. The second-order valence-electron chi connectivity index (χ2n) is 3.70. The van der Waals surface area contributed by atoms with Gasteiger partial charge in [0.2, 0.25) is 0 Å². The summed E-state index contributed by atoms with van der Waals surface area (Å²) in [7, 11) is 0. The summed E-state index contributed by atoms with van der Waals surface area (Å²) in [5.41, 5.74) is 0.138. The number of nitrogens with zero attached hydrogens (tertiary/aromatic N) is 2. The van der Waals surface area contributed by atoms with Crippen LogP contribution in [-0.2, 0) is 11.3 Å². The Morgan fingerprint density at radius 1 is 1.35 bits per heavy atom. The zero-order valence-electron chi connectivity index (χ0n) is 8.87. The van der Waals surface area contributed by atoms with E-state index in [4.69, 9.17) is 0 Å². The van der Waals surface area contributed by atoms with Crippen LogP contribution < -0.4 is 0 Å². The minimum Gasteiger partial charge on any atom is -0.504 e. The lowest BCUT2D eigenvalue weighted by molar-refractivity contribution is -0.421. The lowest BCUT2D eigenvalue weighted by atomic mass is 10.2. The van der Waals surface area contributed by atoms with E-state index in [1.54, 1.807) is 0 Å². The molecule has 1 aliphatic rings. The molecule has 1 N–H and O–H groups in total. The van der Waals surface area contributed by atoms with Crippen LogP contribution >= 0.6 is 0 Å². The van der Waals surface area contributed by atoms with Crippen LogP contribution in [0.2, 0.25) is 0 Å². The molecule has 17 heavy (non-hydrogen) atoms. The van der Waals surface area contributed by atoms with Crippen LogP contribution in [-0.4, -0.2) is 27.4 Å². The van der Waals surface area contributed by atoms with Crippen LogP contribution in [0.3, 0.4) is 0 Å². The summed E-state index contributed by atoms with van der Waals surface area (Å²) in [6.45, 7) is 0.144. The predicted molar refractivity (Wildman–Crippen MR) is 58.5 cm³/mol. The summed E-state index contributed by atoms with van der Waals surface area (Å²) >= 11 is 0. The topological polar surface area (TPSA) is 83.7 Å². The Labute approximate surface area is 96.9 Å². The van der Waals surface area contributed by atoms with Gasteiger partial charge in [-0.25, -0.2) is 0 Å². The molecular weight excluding hydrogens is 224 g/mol. The van der Waals surface area contributed by atoms with Crippen molar-refractivity contribution in [2.24, 2.45) is 0 Å². The van der Waals surface area contributed by atoms with E-state index in [0.29, 0.717) is 0 Å². The number of amides is 1. The van der Waals surface area contributed by atoms with E-state index in [-0.39, 0.29) is 13.1 Å². The van der Waals surface area contributed by atoms with Gasteiger partial charge in [-0.3, -0.25) is 14.9 Å². The van der Waals surface area contributed by atoms with Crippen LogP contribution in [0.4, 0.5) is 0 Å². The van der Waals surface area contributed by atoms with Gasteiger partial charge in [0, 0.05) is 6.54 Å². The molecule has 0 fully saturated rings. The highest BCUT2D eigenvalue weighted by molar-refractivity contribution is 5.94. The molecule has 0 radical (unpaired) electrons. The van der Waals surface area contributed by atoms with Gasteiger partial charge in [-0.15, -0.1) is 0 Å². The number of benzene rings is 1. The largest absolute Gasteiger partial charge is 0.504 e. The van der Waals surface area contributed by atoms with Gasteiger partial charge in [-0.2, -0.15) is 0 Å². The summed E-state index contributed by atoms with van der Waals surface area (Å²) < 4.78 is 0. The van der Waals surface area contributed by atoms with Crippen molar-refractivity contribution >= 4 is 5.91 Å².